The second-order valence-electron chi connectivity index (χ2n) is 4.47. The topological polar surface area (TPSA) is 73.6 Å². The largest absolute Gasteiger partial charge is 0.454 e. The summed E-state index contributed by atoms with van der Waals surface area (Å²) in [7, 11) is 0. The lowest BCUT2D eigenvalue weighted by Gasteiger charge is -2.07. The van der Waals surface area contributed by atoms with Crippen molar-refractivity contribution < 1.29 is 14.3 Å². The minimum Gasteiger partial charge on any atom is -0.454 e. The molecule has 3 rings (SSSR count). The van der Waals surface area contributed by atoms with Gasteiger partial charge in [0.2, 0.25) is 6.79 Å². The molecule has 2 aromatic carbocycles. The molecule has 3 N–H and O–H groups in total. The van der Waals surface area contributed by atoms with Crippen molar-refractivity contribution in [2.45, 2.75) is 0 Å². The van der Waals surface area contributed by atoms with Crippen LogP contribution in [-0.2, 0) is 0 Å². The number of ketones is 1. The number of Topliss-reactive ketones (excluding diaryl/α,β-unsaturated/α-hetero) is 1. The Hall–Kier alpha value is -2.69. The summed E-state index contributed by atoms with van der Waals surface area (Å²) in [5.74, 6) is 1.39. The third-order valence-electron chi connectivity index (χ3n) is 3.03. The number of nitrogens with one attached hydrogen (secondary N) is 1. The van der Waals surface area contributed by atoms with Crippen molar-refractivity contribution in [3.8, 4) is 11.5 Å². The maximum atomic E-state index is 12.0. The van der Waals surface area contributed by atoms with E-state index < -0.39 is 0 Å². The number of nitrogen functional groups attached to an aromatic ring is 1. The van der Waals surface area contributed by atoms with Gasteiger partial charge < -0.3 is 20.5 Å². The van der Waals surface area contributed by atoms with Gasteiger partial charge in [-0.2, -0.15) is 0 Å². The summed E-state index contributed by atoms with van der Waals surface area (Å²) in [6.07, 6.45) is 0. The van der Waals surface area contributed by atoms with Gasteiger partial charge in [-0.3, -0.25) is 4.79 Å². The van der Waals surface area contributed by atoms with Gasteiger partial charge in [0.15, 0.2) is 17.3 Å². The van der Waals surface area contributed by atoms with E-state index in [9.17, 15) is 4.79 Å². The third-order valence-corrected chi connectivity index (χ3v) is 3.03. The number of ether oxygens (including phenoxy) is 2. The first kappa shape index (κ1) is 12.3. The Morgan fingerprint density at radius 3 is 2.85 bits per heavy atom. The fourth-order valence-corrected chi connectivity index (χ4v) is 2.00. The zero-order valence-electron chi connectivity index (χ0n) is 10.8. The highest BCUT2D eigenvalue weighted by atomic mass is 16.7. The first-order chi connectivity index (χ1) is 9.72. The first-order valence-electron chi connectivity index (χ1n) is 6.24. The molecule has 0 radical (unpaired) electrons. The highest BCUT2D eigenvalue weighted by molar-refractivity contribution is 5.99. The number of carbonyl (C=O) groups is 1. The molecular formula is C15H14N2O3. The van der Waals surface area contributed by atoms with E-state index in [-0.39, 0.29) is 19.1 Å². The van der Waals surface area contributed by atoms with Crippen molar-refractivity contribution in [2.24, 2.45) is 0 Å². The number of carbonyl (C=O) groups excluding carboxylic acids is 1. The van der Waals surface area contributed by atoms with Crippen LogP contribution in [0.15, 0.2) is 42.5 Å². The average molecular weight is 270 g/mol. The molecule has 5 nitrogen and oxygen atoms in total. The Kier molecular flexibility index (Phi) is 3.16. The average Bonchev–Trinajstić information content (AvgIpc) is 2.92. The SMILES string of the molecule is Nc1cccc(C(=O)CNc2ccc3c(c2)OCO3)c1. The molecule has 0 aliphatic carbocycles. The molecule has 0 bridgehead atoms. The number of nitrogens with two attached hydrogens (primary N) is 1. The van der Waals surface area contributed by atoms with Gasteiger partial charge in [-0.25, -0.2) is 0 Å². The lowest BCUT2D eigenvalue weighted by Crippen LogP contribution is -2.14. The number of rotatable bonds is 4. The van der Waals surface area contributed by atoms with Gasteiger partial charge in [0, 0.05) is 23.0 Å². The van der Waals surface area contributed by atoms with E-state index in [1.54, 1.807) is 24.3 Å². The summed E-state index contributed by atoms with van der Waals surface area (Å²) in [5, 5.41) is 3.07. The summed E-state index contributed by atoms with van der Waals surface area (Å²) in [6.45, 7) is 0.435. The van der Waals surface area contributed by atoms with Crippen LogP contribution in [0, 0.1) is 0 Å². The number of hydrogen-bond donors (Lipinski definition) is 2. The van der Waals surface area contributed by atoms with Crippen molar-refractivity contribution in [2.75, 3.05) is 24.4 Å². The van der Waals surface area contributed by atoms with Gasteiger partial charge in [0.1, 0.15) is 0 Å². The molecular weight excluding hydrogens is 256 g/mol. The molecule has 1 aliphatic rings. The quantitative estimate of drug-likeness (QED) is 0.658. The van der Waals surface area contributed by atoms with Crippen LogP contribution in [0.4, 0.5) is 11.4 Å². The van der Waals surface area contributed by atoms with Gasteiger partial charge in [0.05, 0.1) is 6.54 Å². The molecule has 1 aliphatic heterocycles. The molecule has 5 heteroatoms. The molecule has 0 spiro atoms. The molecule has 0 fully saturated rings. The molecule has 0 saturated carbocycles. The van der Waals surface area contributed by atoms with Gasteiger partial charge in [-0.15, -0.1) is 0 Å². The molecule has 0 atom stereocenters. The Morgan fingerprint density at radius 2 is 2.00 bits per heavy atom. The molecule has 0 aromatic heterocycles. The third kappa shape index (κ3) is 2.51. The van der Waals surface area contributed by atoms with Crippen molar-refractivity contribution in [3.05, 3.63) is 48.0 Å². The molecule has 0 saturated heterocycles. The normalized spacial score (nSPS) is 12.2. The Bertz CT molecular complexity index is 655. The molecule has 102 valence electrons. The maximum absolute atomic E-state index is 12.0. The lowest BCUT2D eigenvalue weighted by atomic mass is 10.1. The van der Waals surface area contributed by atoms with Gasteiger partial charge in [-0.1, -0.05) is 12.1 Å². The number of fused-ring (bicyclic) bond motifs is 1. The summed E-state index contributed by atoms with van der Waals surface area (Å²) in [6, 6.07) is 12.4. The van der Waals surface area contributed by atoms with E-state index in [0.29, 0.717) is 17.0 Å². The van der Waals surface area contributed by atoms with Crippen LogP contribution in [0.1, 0.15) is 10.4 Å². The minimum atomic E-state index is -0.0185. The molecule has 1 heterocycles. The van der Waals surface area contributed by atoms with Crippen LogP contribution in [0.3, 0.4) is 0 Å². The first-order valence-corrected chi connectivity index (χ1v) is 6.24. The predicted octanol–water partition coefficient (Wildman–Crippen LogP) is 2.29. The number of benzene rings is 2. The zero-order chi connectivity index (χ0) is 13.9. The molecule has 0 amide bonds. The Labute approximate surface area is 116 Å². The van der Waals surface area contributed by atoms with Crippen LogP contribution in [0.2, 0.25) is 0 Å². The second-order valence-corrected chi connectivity index (χ2v) is 4.47. The fourth-order valence-electron chi connectivity index (χ4n) is 2.00. The van der Waals surface area contributed by atoms with E-state index in [0.717, 1.165) is 11.4 Å². The van der Waals surface area contributed by atoms with E-state index in [2.05, 4.69) is 5.32 Å². The summed E-state index contributed by atoms with van der Waals surface area (Å²) in [5.41, 5.74) is 7.65. The highest BCUT2D eigenvalue weighted by Gasteiger charge is 2.13. The van der Waals surface area contributed by atoms with Crippen LogP contribution >= 0.6 is 0 Å². The van der Waals surface area contributed by atoms with Crippen molar-refractivity contribution in [3.63, 3.8) is 0 Å². The van der Waals surface area contributed by atoms with Gasteiger partial charge in [0.25, 0.3) is 0 Å². The predicted molar refractivity (Wildman–Crippen MR) is 76.2 cm³/mol. The second kappa shape index (κ2) is 5.13. The van der Waals surface area contributed by atoms with E-state index in [1.807, 2.05) is 18.2 Å². The van der Waals surface area contributed by atoms with Gasteiger partial charge in [-0.05, 0) is 24.3 Å². The van der Waals surface area contributed by atoms with Crippen molar-refractivity contribution >= 4 is 17.2 Å². The van der Waals surface area contributed by atoms with Crippen molar-refractivity contribution in [1.82, 2.24) is 0 Å². The summed E-state index contributed by atoms with van der Waals surface area (Å²) in [4.78, 5) is 12.0. The van der Waals surface area contributed by atoms with E-state index >= 15 is 0 Å². The standard InChI is InChI=1S/C15H14N2O3/c16-11-3-1-2-10(6-11)13(18)8-17-12-4-5-14-15(7-12)20-9-19-14/h1-7,17H,8-9,16H2. The fraction of sp³-hybridized carbons (Fsp3) is 0.133. The van der Waals surface area contributed by atoms with E-state index in [4.69, 9.17) is 15.2 Å². The van der Waals surface area contributed by atoms with Crippen LogP contribution < -0.4 is 20.5 Å². The maximum Gasteiger partial charge on any atom is 0.231 e. The smallest absolute Gasteiger partial charge is 0.231 e. The molecule has 20 heavy (non-hydrogen) atoms. The Balaban J connectivity index is 1.66. The summed E-state index contributed by atoms with van der Waals surface area (Å²) >= 11 is 0. The summed E-state index contributed by atoms with van der Waals surface area (Å²) < 4.78 is 10.5. The Morgan fingerprint density at radius 1 is 1.15 bits per heavy atom. The lowest BCUT2D eigenvalue weighted by molar-refractivity contribution is 0.101. The number of hydrogen-bond acceptors (Lipinski definition) is 5. The van der Waals surface area contributed by atoms with E-state index in [1.165, 1.54) is 0 Å². The highest BCUT2D eigenvalue weighted by Crippen LogP contribution is 2.34. The van der Waals surface area contributed by atoms with Crippen LogP contribution in [-0.4, -0.2) is 19.1 Å². The van der Waals surface area contributed by atoms with Crippen LogP contribution in [0.5, 0.6) is 11.5 Å². The van der Waals surface area contributed by atoms with Crippen LogP contribution in [0.25, 0.3) is 0 Å². The minimum absolute atomic E-state index is 0.0185. The molecule has 0 unspecified atom stereocenters. The van der Waals surface area contributed by atoms with Crippen molar-refractivity contribution in [1.29, 1.82) is 0 Å². The monoisotopic (exact) mass is 270 g/mol. The zero-order valence-corrected chi connectivity index (χ0v) is 10.8. The number of anilines is 2. The van der Waals surface area contributed by atoms with Gasteiger partial charge >= 0.3 is 0 Å². The molecule has 2 aromatic rings.